The first-order valence-electron chi connectivity index (χ1n) is 9.07. The van der Waals surface area contributed by atoms with Gasteiger partial charge in [0.2, 0.25) is 0 Å². The van der Waals surface area contributed by atoms with Gasteiger partial charge in [-0.25, -0.2) is 0 Å². The largest absolute Gasteiger partial charge is 0.493 e. The summed E-state index contributed by atoms with van der Waals surface area (Å²) in [5.74, 6) is 1.30. The predicted octanol–water partition coefficient (Wildman–Crippen LogP) is 2.96. The van der Waals surface area contributed by atoms with E-state index in [0.717, 1.165) is 44.1 Å². The molecular weight excluding hydrogens is 340 g/mol. The SMILES string of the molecule is COc1ccc([C@@H]2CCCN2S(=O)(=O)N2CCCCCC2)cc1OC. The molecule has 1 aromatic carbocycles. The van der Waals surface area contributed by atoms with Gasteiger partial charge in [-0.05, 0) is 43.4 Å². The molecule has 0 spiro atoms. The average Bonchev–Trinajstić information content (AvgIpc) is 2.96. The molecule has 3 rings (SSSR count). The van der Waals surface area contributed by atoms with Crippen LogP contribution < -0.4 is 9.47 Å². The maximum absolute atomic E-state index is 13.2. The molecule has 0 unspecified atom stereocenters. The molecule has 25 heavy (non-hydrogen) atoms. The van der Waals surface area contributed by atoms with E-state index in [1.54, 1.807) is 22.8 Å². The van der Waals surface area contributed by atoms with Gasteiger partial charge in [0.25, 0.3) is 10.2 Å². The van der Waals surface area contributed by atoms with Gasteiger partial charge in [0.05, 0.1) is 20.3 Å². The Morgan fingerprint density at radius 3 is 2.24 bits per heavy atom. The van der Waals surface area contributed by atoms with Gasteiger partial charge in [-0.1, -0.05) is 18.9 Å². The lowest BCUT2D eigenvalue weighted by molar-refractivity contribution is 0.328. The quantitative estimate of drug-likeness (QED) is 0.802. The number of nitrogens with zero attached hydrogens (tertiary/aromatic N) is 2. The third kappa shape index (κ3) is 3.78. The first kappa shape index (κ1) is 18.5. The molecule has 2 fully saturated rings. The topological polar surface area (TPSA) is 59.1 Å². The van der Waals surface area contributed by atoms with Gasteiger partial charge < -0.3 is 9.47 Å². The molecule has 0 amide bonds. The summed E-state index contributed by atoms with van der Waals surface area (Å²) in [5.41, 5.74) is 0.966. The van der Waals surface area contributed by atoms with Crippen LogP contribution in [-0.2, 0) is 10.2 Å². The summed E-state index contributed by atoms with van der Waals surface area (Å²) >= 11 is 0. The van der Waals surface area contributed by atoms with Crippen LogP contribution in [0.1, 0.15) is 50.1 Å². The van der Waals surface area contributed by atoms with E-state index >= 15 is 0 Å². The van der Waals surface area contributed by atoms with E-state index in [4.69, 9.17) is 9.47 Å². The Kier molecular flexibility index (Phi) is 5.86. The molecule has 0 aliphatic carbocycles. The molecule has 2 aliphatic rings. The third-order valence-electron chi connectivity index (χ3n) is 5.18. The summed E-state index contributed by atoms with van der Waals surface area (Å²) in [6.07, 6.45) is 5.85. The van der Waals surface area contributed by atoms with Crippen molar-refractivity contribution in [1.82, 2.24) is 8.61 Å². The van der Waals surface area contributed by atoms with Crippen LogP contribution in [0.2, 0.25) is 0 Å². The lowest BCUT2D eigenvalue weighted by Gasteiger charge is -2.30. The van der Waals surface area contributed by atoms with Gasteiger partial charge in [0, 0.05) is 19.6 Å². The smallest absolute Gasteiger partial charge is 0.282 e. The van der Waals surface area contributed by atoms with Crippen molar-refractivity contribution >= 4 is 10.2 Å². The summed E-state index contributed by atoms with van der Waals surface area (Å²) in [6, 6.07) is 5.57. The molecule has 140 valence electrons. The fourth-order valence-electron chi connectivity index (χ4n) is 3.83. The Bertz CT molecular complexity index is 684. The van der Waals surface area contributed by atoms with E-state index in [1.165, 1.54) is 0 Å². The molecule has 0 aromatic heterocycles. The van der Waals surface area contributed by atoms with Gasteiger partial charge in [-0.2, -0.15) is 17.0 Å². The molecule has 1 aromatic rings. The van der Waals surface area contributed by atoms with Gasteiger partial charge in [-0.3, -0.25) is 0 Å². The van der Waals surface area contributed by atoms with Crippen molar-refractivity contribution in [3.8, 4) is 11.5 Å². The monoisotopic (exact) mass is 368 g/mol. The van der Waals surface area contributed by atoms with Crippen molar-refractivity contribution in [2.75, 3.05) is 33.9 Å². The Morgan fingerprint density at radius 1 is 0.920 bits per heavy atom. The van der Waals surface area contributed by atoms with Crippen LogP contribution in [0.5, 0.6) is 11.5 Å². The lowest BCUT2D eigenvalue weighted by atomic mass is 10.0. The second-order valence-corrected chi connectivity index (χ2v) is 8.59. The van der Waals surface area contributed by atoms with E-state index < -0.39 is 10.2 Å². The summed E-state index contributed by atoms with van der Waals surface area (Å²) in [7, 11) is -0.223. The van der Waals surface area contributed by atoms with Crippen LogP contribution in [0.15, 0.2) is 18.2 Å². The Morgan fingerprint density at radius 2 is 1.60 bits per heavy atom. The normalized spacial score (nSPS) is 23.4. The van der Waals surface area contributed by atoms with Crippen LogP contribution in [0.25, 0.3) is 0 Å². The standard InChI is InChI=1S/C18H28N2O4S/c1-23-17-10-9-15(14-18(17)24-2)16-8-7-13-20(16)25(21,22)19-11-5-3-4-6-12-19/h9-10,14,16H,3-8,11-13H2,1-2H3/t16-/m0/s1. The van der Waals surface area contributed by atoms with Crippen LogP contribution >= 0.6 is 0 Å². The highest BCUT2D eigenvalue weighted by molar-refractivity contribution is 7.86. The molecule has 2 heterocycles. The van der Waals surface area contributed by atoms with Gasteiger partial charge in [0.1, 0.15) is 0 Å². The highest BCUT2D eigenvalue weighted by Crippen LogP contribution is 2.39. The maximum Gasteiger partial charge on any atom is 0.282 e. The lowest BCUT2D eigenvalue weighted by Crippen LogP contribution is -2.43. The number of hydrogen-bond donors (Lipinski definition) is 0. The van der Waals surface area contributed by atoms with Crippen LogP contribution in [0.3, 0.4) is 0 Å². The molecule has 7 heteroatoms. The Balaban J connectivity index is 1.87. The van der Waals surface area contributed by atoms with Crippen molar-refractivity contribution in [2.24, 2.45) is 0 Å². The van der Waals surface area contributed by atoms with E-state index in [-0.39, 0.29) is 6.04 Å². The third-order valence-corrected chi connectivity index (χ3v) is 7.23. The second-order valence-electron chi connectivity index (χ2n) is 6.70. The molecule has 2 saturated heterocycles. The molecule has 1 atom stereocenters. The van der Waals surface area contributed by atoms with E-state index in [0.29, 0.717) is 31.1 Å². The van der Waals surface area contributed by atoms with Crippen LogP contribution in [-0.4, -0.2) is 50.9 Å². The molecule has 0 saturated carbocycles. The summed E-state index contributed by atoms with van der Waals surface area (Å²) in [4.78, 5) is 0. The van der Waals surface area contributed by atoms with Crippen LogP contribution in [0, 0.1) is 0 Å². The number of benzene rings is 1. The summed E-state index contributed by atoms with van der Waals surface area (Å²) in [6.45, 7) is 1.85. The Hall–Kier alpha value is -1.31. The fraction of sp³-hybridized carbons (Fsp3) is 0.667. The summed E-state index contributed by atoms with van der Waals surface area (Å²) in [5, 5.41) is 0. The van der Waals surface area contributed by atoms with Gasteiger partial charge >= 0.3 is 0 Å². The van der Waals surface area contributed by atoms with Crippen molar-refractivity contribution in [2.45, 2.75) is 44.6 Å². The zero-order valence-corrected chi connectivity index (χ0v) is 15.9. The minimum atomic E-state index is -3.42. The number of ether oxygens (including phenoxy) is 2. The first-order valence-corrected chi connectivity index (χ1v) is 10.5. The van der Waals surface area contributed by atoms with Gasteiger partial charge in [0.15, 0.2) is 11.5 Å². The zero-order chi connectivity index (χ0) is 17.9. The molecule has 6 nitrogen and oxygen atoms in total. The molecule has 0 radical (unpaired) electrons. The molecule has 0 bridgehead atoms. The average molecular weight is 368 g/mol. The van der Waals surface area contributed by atoms with Crippen molar-refractivity contribution in [3.63, 3.8) is 0 Å². The predicted molar refractivity (Wildman–Crippen MR) is 97.2 cm³/mol. The minimum Gasteiger partial charge on any atom is -0.493 e. The zero-order valence-electron chi connectivity index (χ0n) is 15.1. The number of hydrogen-bond acceptors (Lipinski definition) is 4. The van der Waals surface area contributed by atoms with Crippen LogP contribution in [0.4, 0.5) is 0 Å². The Labute approximate surface area is 150 Å². The minimum absolute atomic E-state index is 0.131. The van der Waals surface area contributed by atoms with E-state index in [9.17, 15) is 8.42 Å². The van der Waals surface area contributed by atoms with Gasteiger partial charge in [-0.15, -0.1) is 0 Å². The molecule has 2 aliphatic heterocycles. The molecular formula is C18H28N2O4S. The fourth-order valence-corrected chi connectivity index (χ4v) is 5.75. The number of methoxy groups -OCH3 is 2. The van der Waals surface area contributed by atoms with Crippen molar-refractivity contribution < 1.29 is 17.9 Å². The van der Waals surface area contributed by atoms with Crippen molar-refractivity contribution in [1.29, 1.82) is 0 Å². The van der Waals surface area contributed by atoms with E-state index in [2.05, 4.69) is 0 Å². The highest BCUT2D eigenvalue weighted by Gasteiger charge is 2.39. The van der Waals surface area contributed by atoms with E-state index in [1.807, 2.05) is 18.2 Å². The maximum atomic E-state index is 13.2. The highest BCUT2D eigenvalue weighted by atomic mass is 32.2. The summed E-state index contributed by atoms with van der Waals surface area (Å²) < 4.78 is 40.4. The van der Waals surface area contributed by atoms with Crippen molar-refractivity contribution in [3.05, 3.63) is 23.8 Å². The molecule has 0 N–H and O–H groups in total. The second kappa shape index (κ2) is 7.93. The first-order chi connectivity index (χ1) is 12.1. The number of rotatable bonds is 5.